The number of phenols is 1. The van der Waals surface area contributed by atoms with Crippen molar-refractivity contribution in [2.24, 2.45) is 0 Å². The molecule has 0 bridgehead atoms. The number of benzene rings is 1. The molecule has 4 heteroatoms. The molecule has 16 heavy (non-hydrogen) atoms. The van der Waals surface area contributed by atoms with E-state index in [2.05, 4.69) is 0 Å². The molecule has 3 nitrogen and oxygen atoms in total. The van der Waals surface area contributed by atoms with Gasteiger partial charge in [0.2, 0.25) is 0 Å². The Morgan fingerprint density at radius 3 is 2.44 bits per heavy atom. The fourth-order valence-electron chi connectivity index (χ4n) is 1.16. The molecule has 0 radical (unpaired) electrons. The van der Waals surface area contributed by atoms with Gasteiger partial charge < -0.3 is 9.84 Å². The van der Waals surface area contributed by atoms with Gasteiger partial charge in [-0.1, -0.05) is 0 Å². The van der Waals surface area contributed by atoms with E-state index in [0.717, 1.165) is 6.07 Å². The number of hydrogen-bond donors (Lipinski definition) is 1. The molecule has 0 atom stereocenters. The molecule has 0 spiro atoms. The van der Waals surface area contributed by atoms with Gasteiger partial charge in [0.05, 0.1) is 5.56 Å². The van der Waals surface area contributed by atoms with Crippen LogP contribution in [0.1, 0.15) is 36.7 Å². The van der Waals surface area contributed by atoms with E-state index in [0.29, 0.717) is 5.56 Å². The van der Waals surface area contributed by atoms with E-state index in [9.17, 15) is 14.3 Å². The minimum absolute atomic E-state index is 0.162. The Balaban J connectivity index is 3.05. The Bertz CT molecular complexity index is 419. The summed E-state index contributed by atoms with van der Waals surface area (Å²) in [6.45, 7) is 6.70. The average Bonchev–Trinajstić information content (AvgIpc) is 2.08. The van der Waals surface area contributed by atoms with Crippen LogP contribution >= 0.6 is 0 Å². The SMILES string of the molecule is Cc1cc(C(=O)OC(C)(C)C)c(F)cc1O. The van der Waals surface area contributed by atoms with Gasteiger partial charge in [0, 0.05) is 6.07 Å². The normalized spacial score (nSPS) is 11.3. The van der Waals surface area contributed by atoms with Crippen LogP contribution in [0.15, 0.2) is 12.1 Å². The molecule has 88 valence electrons. The molecule has 0 fully saturated rings. The van der Waals surface area contributed by atoms with E-state index in [-0.39, 0.29) is 11.3 Å². The van der Waals surface area contributed by atoms with Gasteiger partial charge in [-0.15, -0.1) is 0 Å². The Hall–Kier alpha value is -1.58. The highest BCUT2D eigenvalue weighted by Crippen LogP contribution is 2.22. The highest BCUT2D eigenvalue weighted by atomic mass is 19.1. The predicted octanol–water partition coefficient (Wildman–Crippen LogP) is 2.80. The van der Waals surface area contributed by atoms with Gasteiger partial charge >= 0.3 is 5.97 Å². The lowest BCUT2D eigenvalue weighted by atomic mass is 10.1. The van der Waals surface area contributed by atoms with Crippen LogP contribution in [0.2, 0.25) is 0 Å². The van der Waals surface area contributed by atoms with E-state index in [1.165, 1.54) is 6.07 Å². The van der Waals surface area contributed by atoms with Crippen molar-refractivity contribution >= 4 is 5.97 Å². The number of ether oxygens (including phenoxy) is 1. The number of carbonyl (C=O) groups is 1. The van der Waals surface area contributed by atoms with Crippen molar-refractivity contribution in [1.82, 2.24) is 0 Å². The maximum absolute atomic E-state index is 13.4. The fourth-order valence-corrected chi connectivity index (χ4v) is 1.16. The fraction of sp³-hybridized carbons (Fsp3) is 0.417. The first kappa shape index (κ1) is 12.5. The van der Waals surface area contributed by atoms with Crippen LogP contribution in [0.5, 0.6) is 5.75 Å². The summed E-state index contributed by atoms with van der Waals surface area (Å²) in [7, 11) is 0. The first-order valence-corrected chi connectivity index (χ1v) is 4.93. The topological polar surface area (TPSA) is 46.5 Å². The summed E-state index contributed by atoms with van der Waals surface area (Å²) in [5, 5.41) is 9.25. The first-order valence-electron chi connectivity index (χ1n) is 4.93. The lowest BCUT2D eigenvalue weighted by Gasteiger charge is -2.19. The Labute approximate surface area is 93.9 Å². The third-order valence-electron chi connectivity index (χ3n) is 1.90. The van der Waals surface area contributed by atoms with Crippen LogP contribution in [-0.4, -0.2) is 16.7 Å². The third kappa shape index (κ3) is 2.95. The number of aryl methyl sites for hydroxylation is 1. The molecule has 0 aliphatic heterocycles. The van der Waals surface area contributed by atoms with Crippen LogP contribution in [0.25, 0.3) is 0 Å². The highest BCUT2D eigenvalue weighted by Gasteiger charge is 2.21. The van der Waals surface area contributed by atoms with Gasteiger partial charge in [-0.05, 0) is 39.3 Å². The number of phenolic OH excluding ortho intramolecular Hbond substituents is 1. The average molecular weight is 226 g/mol. The number of hydrogen-bond acceptors (Lipinski definition) is 3. The van der Waals surface area contributed by atoms with Gasteiger partial charge in [0.15, 0.2) is 0 Å². The van der Waals surface area contributed by atoms with Crippen LogP contribution in [0.3, 0.4) is 0 Å². The number of esters is 1. The molecule has 1 N–H and O–H groups in total. The van der Waals surface area contributed by atoms with Crippen molar-refractivity contribution in [2.45, 2.75) is 33.3 Å². The Kier molecular flexibility index (Phi) is 3.21. The van der Waals surface area contributed by atoms with Crippen LogP contribution < -0.4 is 0 Å². The lowest BCUT2D eigenvalue weighted by Crippen LogP contribution is -2.24. The van der Waals surface area contributed by atoms with Gasteiger partial charge in [-0.3, -0.25) is 0 Å². The first-order chi connectivity index (χ1) is 7.20. The van der Waals surface area contributed by atoms with Gasteiger partial charge in [-0.25, -0.2) is 9.18 Å². The van der Waals surface area contributed by atoms with E-state index in [1.54, 1.807) is 27.7 Å². The second-order valence-corrected chi connectivity index (χ2v) is 4.62. The molecule has 0 amide bonds. The van der Waals surface area contributed by atoms with E-state index in [1.807, 2.05) is 0 Å². The van der Waals surface area contributed by atoms with Crippen LogP contribution in [0.4, 0.5) is 4.39 Å². The van der Waals surface area contributed by atoms with Crippen LogP contribution in [-0.2, 0) is 4.74 Å². The second kappa shape index (κ2) is 4.12. The quantitative estimate of drug-likeness (QED) is 0.749. The van der Waals surface area contributed by atoms with E-state index >= 15 is 0 Å². The van der Waals surface area contributed by atoms with Crippen molar-refractivity contribution in [3.63, 3.8) is 0 Å². The largest absolute Gasteiger partial charge is 0.508 e. The number of carbonyl (C=O) groups excluding carboxylic acids is 1. The lowest BCUT2D eigenvalue weighted by molar-refractivity contribution is 0.00646. The summed E-state index contributed by atoms with van der Waals surface area (Å²) in [6.07, 6.45) is 0. The molecular formula is C12H15FO3. The summed E-state index contributed by atoms with van der Waals surface area (Å²) in [5.41, 5.74) is -0.400. The third-order valence-corrected chi connectivity index (χ3v) is 1.90. The Morgan fingerprint density at radius 2 is 1.94 bits per heavy atom. The molecule has 0 saturated heterocycles. The molecule has 0 aliphatic carbocycles. The Morgan fingerprint density at radius 1 is 1.38 bits per heavy atom. The highest BCUT2D eigenvalue weighted by molar-refractivity contribution is 5.90. The molecule has 0 aromatic heterocycles. The summed E-state index contributed by atoms with van der Waals surface area (Å²) in [4.78, 5) is 11.6. The smallest absolute Gasteiger partial charge is 0.341 e. The predicted molar refractivity (Wildman–Crippen MR) is 58.0 cm³/mol. The zero-order valence-corrected chi connectivity index (χ0v) is 9.80. The van der Waals surface area contributed by atoms with Crippen molar-refractivity contribution in [3.05, 3.63) is 29.1 Å². The maximum Gasteiger partial charge on any atom is 0.341 e. The number of aromatic hydroxyl groups is 1. The standard InChI is InChI=1S/C12H15FO3/c1-7-5-8(9(13)6-10(7)14)11(15)16-12(2,3)4/h5-6,14H,1-4H3. The van der Waals surface area contributed by atoms with Crippen molar-refractivity contribution in [2.75, 3.05) is 0 Å². The molecule has 0 aliphatic rings. The minimum Gasteiger partial charge on any atom is -0.508 e. The summed E-state index contributed by atoms with van der Waals surface area (Å²) >= 11 is 0. The van der Waals surface area contributed by atoms with Crippen molar-refractivity contribution in [3.8, 4) is 5.75 Å². The summed E-state index contributed by atoms with van der Waals surface area (Å²) in [5.74, 6) is -1.68. The zero-order chi connectivity index (χ0) is 12.5. The van der Waals surface area contributed by atoms with E-state index in [4.69, 9.17) is 4.74 Å². The monoisotopic (exact) mass is 226 g/mol. The summed E-state index contributed by atoms with van der Waals surface area (Å²) < 4.78 is 18.4. The molecule has 1 rings (SSSR count). The number of halogens is 1. The van der Waals surface area contributed by atoms with Crippen molar-refractivity contribution in [1.29, 1.82) is 0 Å². The second-order valence-electron chi connectivity index (χ2n) is 4.62. The molecule has 1 aromatic carbocycles. The van der Waals surface area contributed by atoms with Gasteiger partial charge in [0.1, 0.15) is 17.2 Å². The maximum atomic E-state index is 13.4. The van der Waals surface area contributed by atoms with Crippen molar-refractivity contribution < 1.29 is 19.0 Å². The molecular weight excluding hydrogens is 211 g/mol. The molecule has 0 saturated carbocycles. The van der Waals surface area contributed by atoms with Crippen LogP contribution in [0, 0.1) is 12.7 Å². The molecule has 0 heterocycles. The van der Waals surface area contributed by atoms with E-state index < -0.39 is 17.4 Å². The summed E-state index contributed by atoms with van der Waals surface area (Å²) in [6, 6.07) is 2.19. The van der Waals surface area contributed by atoms with Gasteiger partial charge in [-0.2, -0.15) is 0 Å². The van der Waals surface area contributed by atoms with Gasteiger partial charge in [0.25, 0.3) is 0 Å². The number of rotatable bonds is 1. The molecule has 1 aromatic rings. The molecule has 0 unspecified atom stereocenters. The zero-order valence-electron chi connectivity index (χ0n) is 9.80. The minimum atomic E-state index is -0.780.